The van der Waals surface area contributed by atoms with Crippen LogP contribution in [0.4, 0.5) is 5.82 Å². The quantitative estimate of drug-likeness (QED) is 0.713. The van der Waals surface area contributed by atoms with Gasteiger partial charge in [-0.15, -0.1) is 0 Å². The molecule has 0 radical (unpaired) electrons. The minimum atomic E-state index is -2.99. The molecule has 0 bridgehead atoms. The lowest BCUT2D eigenvalue weighted by Gasteiger charge is -2.26. The molecular weight excluding hydrogens is 332 g/mol. The molecule has 9 heteroatoms. The molecule has 4 heterocycles. The van der Waals surface area contributed by atoms with Gasteiger partial charge in [0.2, 0.25) is 0 Å². The van der Waals surface area contributed by atoms with Crippen molar-refractivity contribution in [3.05, 3.63) is 18.1 Å². The van der Waals surface area contributed by atoms with Crippen LogP contribution in [0.3, 0.4) is 0 Å². The number of morpholine rings is 1. The Hall–Kier alpha value is -1.74. The number of anilines is 1. The van der Waals surface area contributed by atoms with Crippen LogP contribution in [0.5, 0.6) is 0 Å². The SMILES string of the molecule is O=C(c1cncc(N2C[C@@H]3CCS(=O)(=O)[C@@H]3C2)n1)N1CCOCC1. The summed E-state index contributed by atoms with van der Waals surface area (Å²) >= 11 is 0. The highest BCUT2D eigenvalue weighted by Gasteiger charge is 2.46. The first-order valence-electron chi connectivity index (χ1n) is 8.20. The van der Waals surface area contributed by atoms with E-state index in [0.29, 0.717) is 57.3 Å². The van der Waals surface area contributed by atoms with Crippen LogP contribution in [0.1, 0.15) is 16.9 Å². The van der Waals surface area contributed by atoms with Crippen molar-refractivity contribution in [2.24, 2.45) is 5.92 Å². The summed E-state index contributed by atoms with van der Waals surface area (Å²) in [7, 11) is -2.99. The van der Waals surface area contributed by atoms with Crippen molar-refractivity contribution in [1.29, 1.82) is 0 Å². The van der Waals surface area contributed by atoms with Gasteiger partial charge in [0.1, 0.15) is 11.5 Å². The Morgan fingerprint density at radius 2 is 2.00 bits per heavy atom. The molecule has 3 fully saturated rings. The van der Waals surface area contributed by atoms with Crippen molar-refractivity contribution in [2.45, 2.75) is 11.7 Å². The Morgan fingerprint density at radius 1 is 1.21 bits per heavy atom. The highest BCUT2D eigenvalue weighted by Crippen LogP contribution is 2.35. The maximum atomic E-state index is 12.5. The predicted molar refractivity (Wildman–Crippen MR) is 86.6 cm³/mol. The minimum Gasteiger partial charge on any atom is -0.378 e. The Balaban J connectivity index is 1.52. The minimum absolute atomic E-state index is 0.153. The van der Waals surface area contributed by atoms with Crippen LogP contribution in [0.2, 0.25) is 0 Å². The summed E-state index contributed by atoms with van der Waals surface area (Å²) in [4.78, 5) is 24.8. The summed E-state index contributed by atoms with van der Waals surface area (Å²) in [6.07, 6.45) is 3.78. The van der Waals surface area contributed by atoms with Gasteiger partial charge >= 0.3 is 0 Å². The average molecular weight is 352 g/mol. The number of amides is 1. The van der Waals surface area contributed by atoms with Crippen molar-refractivity contribution in [1.82, 2.24) is 14.9 Å². The molecule has 8 nitrogen and oxygen atoms in total. The molecular formula is C15H20N4O4S. The summed E-state index contributed by atoms with van der Waals surface area (Å²) in [6, 6.07) is 0. The summed E-state index contributed by atoms with van der Waals surface area (Å²) in [5.74, 6) is 0.881. The zero-order chi connectivity index (χ0) is 16.7. The number of fused-ring (bicyclic) bond motifs is 1. The van der Waals surface area contributed by atoms with E-state index in [0.717, 1.165) is 0 Å². The van der Waals surface area contributed by atoms with Crippen LogP contribution in [-0.4, -0.2) is 79.6 Å². The molecule has 1 aromatic rings. The molecule has 3 aliphatic rings. The van der Waals surface area contributed by atoms with Crippen molar-refractivity contribution in [3.63, 3.8) is 0 Å². The van der Waals surface area contributed by atoms with Crippen LogP contribution in [0.25, 0.3) is 0 Å². The van der Waals surface area contributed by atoms with Gasteiger partial charge in [0, 0.05) is 26.2 Å². The molecule has 4 rings (SSSR count). The van der Waals surface area contributed by atoms with Crippen LogP contribution >= 0.6 is 0 Å². The van der Waals surface area contributed by atoms with E-state index in [4.69, 9.17) is 4.74 Å². The number of aromatic nitrogens is 2. The largest absolute Gasteiger partial charge is 0.378 e. The van der Waals surface area contributed by atoms with Gasteiger partial charge < -0.3 is 14.5 Å². The summed E-state index contributed by atoms with van der Waals surface area (Å²) in [6.45, 7) is 3.27. The molecule has 0 aromatic carbocycles. The maximum absolute atomic E-state index is 12.5. The summed E-state index contributed by atoms with van der Waals surface area (Å²) in [5.41, 5.74) is 0.300. The lowest BCUT2D eigenvalue weighted by atomic mass is 10.1. The second kappa shape index (κ2) is 5.96. The summed E-state index contributed by atoms with van der Waals surface area (Å²) < 4.78 is 29.4. The van der Waals surface area contributed by atoms with Gasteiger partial charge in [-0.2, -0.15) is 0 Å². The van der Waals surface area contributed by atoms with Crippen molar-refractivity contribution in [3.8, 4) is 0 Å². The maximum Gasteiger partial charge on any atom is 0.274 e. The topological polar surface area (TPSA) is 92.7 Å². The van der Waals surface area contributed by atoms with E-state index in [1.54, 1.807) is 11.1 Å². The van der Waals surface area contributed by atoms with E-state index in [1.807, 2.05) is 4.90 Å². The zero-order valence-electron chi connectivity index (χ0n) is 13.3. The van der Waals surface area contributed by atoms with Gasteiger partial charge in [-0.05, 0) is 12.3 Å². The Bertz CT molecular complexity index is 748. The first-order valence-corrected chi connectivity index (χ1v) is 9.92. The predicted octanol–water partition coefficient (Wildman–Crippen LogP) is -0.428. The lowest BCUT2D eigenvalue weighted by molar-refractivity contribution is 0.0299. The number of carbonyl (C=O) groups excluding carboxylic acids is 1. The average Bonchev–Trinajstić information content (AvgIpc) is 3.16. The molecule has 0 aliphatic carbocycles. The molecule has 130 valence electrons. The molecule has 24 heavy (non-hydrogen) atoms. The molecule has 1 amide bonds. The van der Waals surface area contributed by atoms with Gasteiger partial charge in [0.25, 0.3) is 5.91 Å². The van der Waals surface area contributed by atoms with E-state index < -0.39 is 9.84 Å². The van der Waals surface area contributed by atoms with Crippen LogP contribution in [-0.2, 0) is 14.6 Å². The van der Waals surface area contributed by atoms with Crippen LogP contribution in [0.15, 0.2) is 12.4 Å². The second-order valence-electron chi connectivity index (χ2n) is 6.53. The molecule has 0 unspecified atom stereocenters. The van der Waals surface area contributed by atoms with Crippen molar-refractivity contribution >= 4 is 21.6 Å². The van der Waals surface area contributed by atoms with E-state index >= 15 is 0 Å². The summed E-state index contributed by atoms with van der Waals surface area (Å²) in [5, 5.41) is -0.307. The highest BCUT2D eigenvalue weighted by atomic mass is 32.2. The van der Waals surface area contributed by atoms with Crippen molar-refractivity contribution in [2.75, 3.05) is 50.0 Å². The Morgan fingerprint density at radius 3 is 2.75 bits per heavy atom. The number of sulfone groups is 1. The number of rotatable bonds is 2. The lowest BCUT2D eigenvalue weighted by Crippen LogP contribution is -2.41. The second-order valence-corrected chi connectivity index (χ2v) is 8.87. The van der Waals surface area contributed by atoms with Gasteiger partial charge in [0.15, 0.2) is 9.84 Å². The molecule has 3 saturated heterocycles. The first kappa shape index (κ1) is 15.8. The van der Waals surface area contributed by atoms with Gasteiger partial charge in [-0.25, -0.2) is 13.4 Å². The van der Waals surface area contributed by atoms with E-state index in [1.165, 1.54) is 6.20 Å². The first-order chi connectivity index (χ1) is 11.5. The third kappa shape index (κ3) is 2.75. The monoisotopic (exact) mass is 352 g/mol. The van der Waals surface area contributed by atoms with E-state index in [-0.39, 0.29) is 22.8 Å². The molecule has 0 spiro atoms. The molecule has 0 N–H and O–H groups in total. The Kier molecular flexibility index (Phi) is 3.92. The van der Waals surface area contributed by atoms with E-state index in [2.05, 4.69) is 9.97 Å². The fraction of sp³-hybridized carbons (Fsp3) is 0.667. The fourth-order valence-corrected chi connectivity index (χ4v) is 5.87. The smallest absolute Gasteiger partial charge is 0.274 e. The normalized spacial score (nSPS) is 28.8. The number of hydrogen-bond donors (Lipinski definition) is 0. The third-order valence-corrected chi connectivity index (χ3v) is 7.34. The molecule has 0 saturated carbocycles. The highest BCUT2D eigenvalue weighted by molar-refractivity contribution is 7.92. The standard InChI is InChI=1S/C15H20N4O4S/c20-15(18-2-4-23-5-3-18)12-7-16-8-14(17-12)19-9-11-1-6-24(21,22)13(11)10-19/h7-8,11,13H,1-6,9-10H2/t11-,13+/m0/s1. The number of nitrogens with zero attached hydrogens (tertiary/aromatic N) is 4. The number of ether oxygens (including phenoxy) is 1. The number of hydrogen-bond acceptors (Lipinski definition) is 7. The molecule has 1 aromatic heterocycles. The van der Waals surface area contributed by atoms with Crippen molar-refractivity contribution < 1.29 is 17.9 Å². The van der Waals surface area contributed by atoms with E-state index in [9.17, 15) is 13.2 Å². The number of carbonyl (C=O) groups is 1. The third-order valence-electron chi connectivity index (χ3n) is 5.08. The van der Waals surface area contributed by atoms with Gasteiger partial charge in [-0.3, -0.25) is 9.78 Å². The van der Waals surface area contributed by atoms with Gasteiger partial charge in [0.05, 0.1) is 36.6 Å². The van der Waals surface area contributed by atoms with Crippen LogP contribution < -0.4 is 4.90 Å². The molecule has 2 atom stereocenters. The molecule has 3 aliphatic heterocycles. The fourth-order valence-electron chi connectivity index (χ4n) is 3.72. The van der Waals surface area contributed by atoms with Gasteiger partial charge in [-0.1, -0.05) is 0 Å². The Labute approximate surface area is 140 Å². The zero-order valence-corrected chi connectivity index (χ0v) is 14.1. The van der Waals surface area contributed by atoms with Crippen LogP contribution in [0, 0.1) is 5.92 Å².